The van der Waals surface area contributed by atoms with Crippen molar-refractivity contribution >= 4 is 44.8 Å². The molecule has 1 amide bonds. The van der Waals surface area contributed by atoms with Gasteiger partial charge in [-0.05, 0) is 92.9 Å². The van der Waals surface area contributed by atoms with Gasteiger partial charge in [-0.25, -0.2) is 17.7 Å². The van der Waals surface area contributed by atoms with Crippen LogP contribution in [0.25, 0.3) is 0 Å². The van der Waals surface area contributed by atoms with E-state index in [1.54, 1.807) is 31.5 Å². The number of anilines is 1. The van der Waals surface area contributed by atoms with Crippen LogP contribution in [-0.2, 0) is 26.9 Å². The summed E-state index contributed by atoms with van der Waals surface area (Å²) in [5, 5.41) is 0.303. The van der Waals surface area contributed by atoms with Crippen LogP contribution in [0.2, 0.25) is 10.0 Å². The van der Waals surface area contributed by atoms with E-state index < -0.39 is 27.5 Å². The molecule has 7 rings (SSSR count). The number of halogens is 2. The van der Waals surface area contributed by atoms with Gasteiger partial charge < -0.3 is 13.9 Å². The molecule has 2 fully saturated rings. The van der Waals surface area contributed by atoms with Crippen molar-refractivity contribution in [3.05, 3.63) is 99.7 Å². The summed E-state index contributed by atoms with van der Waals surface area (Å²) in [7, 11) is -1.43. The lowest BCUT2D eigenvalue weighted by molar-refractivity contribution is -0.127. The van der Waals surface area contributed by atoms with Gasteiger partial charge in [-0.1, -0.05) is 35.7 Å². The lowest BCUT2D eigenvalue weighted by atomic mass is 9.80. The van der Waals surface area contributed by atoms with Crippen LogP contribution in [0.1, 0.15) is 60.7 Å². The molecular weight excluding hydrogens is 675 g/mol. The van der Waals surface area contributed by atoms with E-state index in [1.165, 1.54) is 38.0 Å². The standard InChI is InChI=1S/C35H36Cl2N4O6S/c1-45-24-9-11-25(12-10-24)48(43,44)41-31-21-29(37)28(36)20-26(31)35(34(41)42,40-17-6-7-30(40)33-38-14-18-47-33)27-19-23(8-13-32(27)46-2)22-39-15-4-3-5-16-39/h8-14,18-21,30H,3-7,15-17,22H2,1-2H3. The van der Waals surface area contributed by atoms with E-state index in [0.717, 1.165) is 35.8 Å². The topological polar surface area (TPSA) is 105 Å². The maximum atomic E-state index is 15.6. The normalized spacial score (nSPS) is 21.9. The molecule has 3 aliphatic heterocycles. The predicted octanol–water partition coefficient (Wildman–Crippen LogP) is 6.80. The fourth-order valence-electron chi connectivity index (χ4n) is 7.49. The first-order valence-electron chi connectivity index (χ1n) is 16.0. The quantitative estimate of drug-likeness (QED) is 0.185. The number of benzene rings is 3. The molecule has 3 aromatic carbocycles. The number of hydrogen-bond acceptors (Lipinski definition) is 9. The first-order valence-corrected chi connectivity index (χ1v) is 18.2. The molecule has 2 unspecified atom stereocenters. The second-order valence-electron chi connectivity index (χ2n) is 12.3. The molecule has 0 radical (unpaired) electrons. The number of methoxy groups -OCH3 is 2. The SMILES string of the molecule is COc1ccc(S(=O)(=O)N2C(=O)C(c3cc(CN4CCCCC4)ccc3OC)(N3CCCC3c3ncco3)c3cc(Cl)c(Cl)cc32)cc1. The van der Waals surface area contributed by atoms with Gasteiger partial charge in [-0.15, -0.1) is 0 Å². The Bertz CT molecular complexity index is 1930. The summed E-state index contributed by atoms with van der Waals surface area (Å²) in [5.41, 5.74) is 0.277. The number of likely N-dealkylation sites (tertiary alicyclic amines) is 2. The van der Waals surface area contributed by atoms with Crippen molar-refractivity contribution in [2.75, 3.05) is 38.2 Å². The number of carbonyl (C=O) groups is 1. The van der Waals surface area contributed by atoms with Crippen LogP contribution in [0.3, 0.4) is 0 Å². The number of oxazole rings is 1. The maximum Gasteiger partial charge on any atom is 0.271 e. The van der Waals surface area contributed by atoms with Crippen LogP contribution >= 0.6 is 23.2 Å². The highest BCUT2D eigenvalue weighted by Crippen LogP contribution is 2.57. The summed E-state index contributed by atoms with van der Waals surface area (Å²) >= 11 is 13.3. The van der Waals surface area contributed by atoms with E-state index in [1.807, 2.05) is 23.1 Å². The van der Waals surface area contributed by atoms with Crippen LogP contribution in [-0.4, -0.2) is 63.0 Å². The fraction of sp³-hybridized carbons (Fsp3) is 0.371. The second-order valence-corrected chi connectivity index (χ2v) is 14.9. The lowest BCUT2D eigenvalue weighted by Gasteiger charge is -2.41. The van der Waals surface area contributed by atoms with Gasteiger partial charge in [0.2, 0.25) is 5.89 Å². The van der Waals surface area contributed by atoms with Crippen molar-refractivity contribution in [2.45, 2.75) is 55.1 Å². The van der Waals surface area contributed by atoms with Crippen molar-refractivity contribution < 1.29 is 27.1 Å². The van der Waals surface area contributed by atoms with Gasteiger partial charge in [-0.2, -0.15) is 0 Å². The van der Waals surface area contributed by atoms with Gasteiger partial charge in [0.25, 0.3) is 15.9 Å². The zero-order valence-corrected chi connectivity index (χ0v) is 29.0. The highest BCUT2D eigenvalue weighted by molar-refractivity contribution is 7.93. The van der Waals surface area contributed by atoms with Crippen molar-refractivity contribution in [3.8, 4) is 11.5 Å². The molecule has 0 spiro atoms. The third-order valence-corrected chi connectivity index (χ3v) is 12.1. The number of rotatable bonds is 9. The molecule has 252 valence electrons. The molecule has 0 N–H and O–H groups in total. The van der Waals surface area contributed by atoms with Crippen LogP contribution in [0.15, 0.2) is 76.4 Å². The number of aromatic nitrogens is 1. The Morgan fingerprint density at radius 2 is 1.67 bits per heavy atom. The molecule has 2 saturated heterocycles. The summed E-state index contributed by atoms with van der Waals surface area (Å²) in [6.07, 6.45) is 7.87. The molecule has 10 nitrogen and oxygen atoms in total. The predicted molar refractivity (Wildman–Crippen MR) is 182 cm³/mol. The summed E-state index contributed by atoms with van der Waals surface area (Å²) in [6, 6.07) is 14.4. The molecular formula is C35H36Cl2N4O6S. The number of amides is 1. The summed E-state index contributed by atoms with van der Waals surface area (Å²) in [5.74, 6) is 0.650. The number of sulfonamides is 1. The van der Waals surface area contributed by atoms with Crippen LogP contribution < -0.4 is 13.8 Å². The van der Waals surface area contributed by atoms with Gasteiger partial charge in [-0.3, -0.25) is 14.6 Å². The van der Waals surface area contributed by atoms with Crippen LogP contribution in [0, 0.1) is 0 Å². The monoisotopic (exact) mass is 710 g/mol. The maximum absolute atomic E-state index is 15.6. The molecule has 4 aromatic rings. The highest BCUT2D eigenvalue weighted by atomic mass is 35.5. The minimum atomic E-state index is -4.48. The number of fused-ring (bicyclic) bond motifs is 1. The minimum absolute atomic E-state index is 0.0824. The zero-order chi connectivity index (χ0) is 33.6. The number of ether oxygens (including phenoxy) is 2. The Hall–Kier alpha value is -3.61. The summed E-state index contributed by atoms with van der Waals surface area (Å²) in [4.78, 5) is 24.4. The van der Waals surface area contributed by atoms with Gasteiger partial charge >= 0.3 is 0 Å². The molecule has 0 bridgehead atoms. The molecule has 48 heavy (non-hydrogen) atoms. The second kappa shape index (κ2) is 13.0. The largest absolute Gasteiger partial charge is 0.497 e. The Morgan fingerprint density at radius 3 is 2.35 bits per heavy atom. The van der Waals surface area contributed by atoms with Gasteiger partial charge in [0.05, 0.1) is 47.1 Å². The van der Waals surface area contributed by atoms with E-state index in [4.69, 9.17) is 37.1 Å². The van der Waals surface area contributed by atoms with Gasteiger partial charge in [0.1, 0.15) is 17.8 Å². The smallest absolute Gasteiger partial charge is 0.271 e. The van der Waals surface area contributed by atoms with E-state index in [-0.39, 0.29) is 20.6 Å². The molecule has 1 aromatic heterocycles. The van der Waals surface area contributed by atoms with Gasteiger partial charge in [0.15, 0.2) is 5.54 Å². The van der Waals surface area contributed by atoms with Crippen molar-refractivity contribution in [3.63, 3.8) is 0 Å². The number of piperidine rings is 1. The van der Waals surface area contributed by atoms with Crippen molar-refractivity contribution in [2.24, 2.45) is 0 Å². The van der Waals surface area contributed by atoms with Gasteiger partial charge in [0, 0.05) is 24.2 Å². The summed E-state index contributed by atoms with van der Waals surface area (Å²) in [6.45, 7) is 3.07. The highest BCUT2D eigenvalue weighted by Gasteiger charge is 2.63. The zero-order valence-electron chi connectivity index (χ0n) is 26.7. The van der Waals surface area contributed by atoms with Crippen molar-refractivity contribution in [1.82, 2.24) is 14.8 Å². The van der Waals surface area contributed by atoms with Crippen LogP contribution in [0.5, 0.6) is 11.5 Å². The van der Waals surface area contributed by atoms with E-state index in [0.29, 0.717) is 54.4 Å². The first kappa shape index (κ1) is 32.9. The minimum Gasteiger partial charge on any atom is -0.497 e. The summed E-state index contributed by atoms with van der Waals surface area (Å²) < 4.78 is 47.2. The number of carbonyl (C=O) groups excluding carboxylic acids is 1. The van der Waals surface area contributed by atoms with E-state index in [9.17, 15) is 8.42 Å². The molecule has 13 heteroatoms. The molecule has 2 atom stereocenters. The molecule has 3 aliphatic rings. The Balaban J connectivity index is 1.50. The Kier molecular flexibility index (Phi) is 8.93. The van der Waals surface area contributed by atoms with E-state index >= 15 is 4.79 Å². The van der Waals surface area contributed by atoms with Crippen LogP contribution in [0.4, 0.5) is 5.69 Å². The average Bonchev–Trinajstić information content (AvgIpc) is 3.85. The fourth-order valence-corrected chi connectivity index (χ4v) is 9.26. The van der Waals surface area contributed by atoms with E-state index in [2.05, 4.69) is 9.88 Å². The Morgan fingerprint density at radius 1 is 0.917 bits per heavy atom. The third kappa shape index (κ3) is 5.36. The molecule has 0 saturated carbocycles. The first-order chi connectivity index (χ1) is 23.2. The number of nitrogens with zero attached hydrogens (tertiary/aromatic N) is 4. The average molecular weight is 712 g/mol. The number of hydrogen-bond donors (Lipinski definition) is 0. The molecule has 0 aliphatic carbocycles. The lowest BCUT2D eigenvalue weighted by Crippen LogP contribution is -2.54. The molecule has 4 heterocycles. The third-order valence-electron chi connectivity index (χ3n) is 9.67. The Labute approximate surface area is 290 Å². The van der Waals surface area contributed by atoms with Crippen molar-refractivity contribution in [1.29, 1.82) is 0 Å².